The summed E-state index contributed by atoms with van der Waals surface area (Å²) >= 11 is 1.13. The largest absolute Gasteiger partial charge is 0.480 e. The van der Waals surface area contributed by atoms with Gasteiger partial charge in [-0.3, -0.25) is 14.4 Å². The zero-order valence-corrected chi connectivity index (χ0v) is 16.4. The highest BCUT2D eigenvalue weighted by molar-refractivity contribution is 8.00. The zero-order valence-electron chi connectivity index (χ0n) is 15.6. The molecule has 2 amide bonds. The number of nitrogens with zero attached hydrogens (tertiary/aromatic N) is 1. The molecule has 0 spiro atoms. The molecule has 7 heteroatoms. The highest BCUT2D eigenvalue weighted by atomic mass is 32.2. The van der Waals surface area contributed by atoms with Gasteiger partial charge in [0.25, 0.3) is 11.8 Å². The monoisotopic (exact) mass is 398 g/mol. The summed E-state index contributed by atoms with van der Waals surface area (Å²) in [5, 5.41) is 11.3. The van der Waals surface area contributed by atoms with Gasteiger partial charge in [-0.15, -0.1) is 11.8 Å². The quantitative estimate of drug-likeness (QED) is 0.724. The van der Waals surface area contributed by atoms with Crippen LogP contribution in [0.3, 0.4) is 0 Å². The summed E-state index contributed by atoms with van der Waals surface area (Å²) in [6.45, 7) is 3.17. The number of benzene rings is 2. The molecule has 1 aliphatic heterocycles. The van der Waals surface area contributed by atoms with E-state index in [2.05, 4.69) is 5.32 Å². The number of carboxylic acids is 1. The van der Waals surface area contributed by atoms with Crippen molar-refractivity contribution in [3.8, 4) is 0 Å². The SMILES string of the molecule is CC(Sc1ccccc1C(=O)Nc1ccc(C(=O)N2CCCC2)cc1)C(=O)O. The van der Waals surface area contributed by atoms with E-state index in [4.69, 9.17) is 5.11 Å². The van der Waals surface area contributed by atoms with Crippen molar-refractivity contribution in [1.82, 2.24) is 4.90 Å². The standard InChI is InChI=1S/C21H22N2O4S/c1-14(21(26)27)28-18-7-3-2-6-17(18)19(24)22-16-10-8-15(9-11-16)20(25)23-12-4-5-13-23/h2-3,6-11,14H,4-5,12-13H2,1H3,(H,22,24)(H,26,27). The lowest BCUT2D eigenvalue weighted by Gasteiger charge is -2.15. The van der Waals surface area contributed by atoms with Crippen molar-refractivity contribution in [2.45, 2.75) is 29.9 Å². The number of hydrogen-bond acceptors (Lipinski definition) is 4. The molecule has 0 saturated carbocycles. The van der Waals surface area contributed by atoms with Crippen LogP contribution in [0.1, 0.15) is 40.5 Å². The molecule has 2 N–H and O–H groups in total. The molecule has 28 heavy (non-hydrogen) atoms. The number of likely N-dealkylation sites (tertiary alicyclic amines) is 1. The average molecular weight is 398 g/mol. The number of aliphatic carboxylic acids is 1. The number of carbonyl (C=O) groups is 3. The van der Waals surface area contributed by atoms with Gasteiger partial charge in [0.05, 0.1) is 5.56 Å². The number of carboxylic acid groups (broad SMARTS) is 1. The Morgan fingerprint density at radius 3 is 2.32 bits per heavy atom. The fraction of sp³-hybridized carbons (Fsp3) is 0.286. The van der Waals surface area contributed by atoms with Gasteiger partial charge in [-0.2, -0.15) is 0 Å². The number of hydrogen-bond donors (Lipinski definition) is 2. The van der Waals surface area contributed by atoms with Gasteiger partial charge in [0, 0.05) is 29.2 Å². The fourth-order valence-corrected chi connectivity index (χ4v) is 3.92. The minimum atomic E-state index is -0.932. The van der Waals surface area contributed by atoms with E-state index in [0.29, 0.717) is 21.7 Å². The van der Waals surface area contributed by atoms with Crippen molar-refractivity contribution >= 4 is 35.2 Å². The Hall–Kier alpha value is -2.80. The molecule has 2 aromatic rings. The van der Waals surface area contributed by atoms with E-state index in [1.165, 1.54) is 0 Å². The van der Waals surface area contributed by atoms with Gasteiger partial charge in [0.1, 0.15) is 5.25 Å². The van der Waals surface area contributed by atoms with Crippen LogP contribution < -0.4 is 5.32 Å². The Bertz CT molecular complexity index is 876. The minimum absolute atomic E-state index is 0.0137. The van der Waals surface area contributed by atoms with Crippen molar-refractivity contribution in [1.29, 1.82) is 0 Å². The Morgan fingerprint density at radius 1 is 1.04 bits per heavy atom. The molecule has 0 aliphatic carbocycles. The molecule has 146 valence electrons. The molecule has 0 bridgehead atoms. The predicted octanol–water partition coefficient (Wildman–Crippen LogP) is 3.74. The molecular formula is C21H22N2O4S. The molecular weight excluding hydrogens is 376 g/mol. The third-order valence-electron chi connectivity index (χ3n) is 4.57. The minimum Gasteiger partial charge on any atom is -0.480 e. The number of nitrogens with one attached hydrogen (secondary N) is 1. The van der Waals surface area contributed by atoms with Crippen LogP contribution in [0.25, 0.3) is 0 Å². The number of carbonyl (C=O) groups excluding carboxylic acids is 2. The van der Waals surface area contributed by atoms with Crippen LogP contribution in [0.15, 0.2) is 53.4 Å². The predicted molar refractivity (Wildman–Crippen MR) is 109 cm³/mol. The lowest BCUT2D eigenvalue weighted by molar-refractivity contribution is -0.136. The first-order valence-corrected chi connectivity index (χ1v) is 10.0. The van der Waals surface area contributed by atoms with Crippen molar-refractivity contribution in [3.05, 3.63) is 59.7 Å². The van der Waals surface area contributed by atoms with Crippen molar-refractivity contribution in [2.75, 3.05) is 18.4 Å². The van der Waals surface area contributed by atoms with E-state index < -0.39 is 11.2 Å². The summed E-state index contributed by atoms with van der Waals surface area (Å²) in [6.07, 6.45) is 2.08. The second-order valence-corrected chi connectivity index (χ2v) is 8.01. The van der Waals surface area contributed by atoms with Gasteiger partial charge in [-0.1, -0.05) is 12.1 Å². The Kier molecular flexibility index (Phi) is 6.36. The van der Waals surface area contributed by atoms with Crippen LogP contribution in [0.4, 0.5) is 5.69 Å². The normalized spacial score (nSPS) is 14.5. The van der Waals surface area contributed by atoms with Gasteiger partial charge in [-0.25, -0.2) is 0 Å². The van der Waals surface area contributed by atoms with E-state index in [-0.39, 0.29) is 11.8 Å². The van der Waals surface area contributed by atoms with E-state index in [0.717, 1.165) is 37.7 Å². The third kappa shape index (κ3) is 4.72. The van der Waals surface area contributed by atoms with Gasteiger partial charge in [-0.05, 0) is 56.2 Å². The number of amides is 2. The van der Waals surface area contributed by atoms with Crippen LogP contribution in [-0.2, 0) is 4.79 Å². The highest BCUT2D eigenvalue weighted by Gasteiger charge is 2.20. The molecule has 1 saturated heterocycles. The lowest BCUT2D eigenvalue weighted by atomic mass is 10.1. The van der Waals surface area contributed by atoms with Gasteiger partial charge >= 0.3 is 5.97 Å². The highest BCUT2D eigenvalue weighted by Crippen LogP contribution is 2.27. The molecule has 1 heterocycles. The molecule has 3 rings (SSSR count). The third-order valence-corrected chi connectivity index (χ3v) is 5.73. The Morgan fingerprint density at radius 2 is 1.68 bits per heavy atom. The molecule has 2 aromatic carbocycles. The second-order valence-electron chi connectivity index (χ2n) is 6.63. The fourth-order valence-electron chi connectivity index (χ4n) is 3.00. The second kappa shape index (κ2) is 8.93. The maximum Gasteiger partial charge on any atom is 0.316 e. The van der Waals surface area contributed by atoms with Crippen LogP contribution >= 0.6 is 11.8 Å². The van der Waals surface area contributed by atoms with Gasteiger partial charge < -0.3 is 15.3 Å². The van der Waals surface area contributed by atoms with Crippen LogP contribution in [0.5, 0.6) is 0 Å². The van der Waals surface area contributed by atoms with Gasteiger partial charge in [0.15, 0.2) is 0 Å². The first-order valence-electron chi connectivity index (χ1n) is 9.15. The summed E-state index contributed by atoms with van der Waals surface area (Å²) < 4.78 is 0. The van der Waals surface area contributed by atoms with Crippen LogP contribution in [0.2, 0.25) is 0 Å². The number of anilines is 1. The summed E-state index contributed by atoms with van der Waals surface area (Å²) in [7, 11) is 0. The van der Waals surface area contributed by atoms with Crippen molar-refractivity contribution < 1.29 is 19.5 Å². The first kappa shape index (κ1) is 19.9. The smallest absolute Gasteiger partial charge is 0.316 e. The first-order chi connectivity index (χ1) is 13.5. The summed E-state index contributed by atoms with van der Waals surface area (Å²) in [5.74, 6) is -1.24. The molecule has 1 unspecified atom stereocenters. The summed E-state index contributed by atoms with van der Waals surface area (Å²) in [4.78, 5) is 38.6. The Labute approximate surface area is 167 Å². The van der Waals surface area contributed by atoms with E-state index in [1.54, 1.807) is 55.5 Å². The molecule has 0 radical (unpaired) electrons. The molecule has 1 aliphatic rings. The Balaban J connectivity index is 1.69. The maximum atomic E-state index is 12.7. The molecule has 6 nitrogen and oxygen atoms in total. The average Bonchev–Trinajstić information content (AvgIpc) is 3.23. The van der Waals surface area contributed by atoms with Crippen LogP contribution in [-0.4, -0.2) is 46.1 Å². The number of thioether (sulfide) groups is 1. The summed E-state index contributed by atoms with van der Waals surface area (Å²) in [6, 6.07) is 13.7. The molecule has 1 atom stereocenters. The van der Waals surface area contributed by atoms with Crippen molar-refractivity contribution in [3.63, 3.8) is 0 Å². The van der Waals surface area contributed by atoms with Crippen molar-refractivity contribution in [2.24, 2.45) is 0 Å². The van der Waals surface area contributed by atoms with E-state index in [1.807, 2.05) is 4.90 Å². The van der Waals surface area contributed by atoms with E-state index >= 15 is 0 Å². The number of rotatable bonds is 6. The summed E-state index contributed by atoms with van der Waals surface area (Å²) in [5.41, 5.74) is 1.60. The maximum absolute atomic E-state index is 12.7. The van der Waals surface area contributed by atoms with E-state index in [9.17, 15) is 14.4 Å². The van der Waals surface area contributed by atoms with Gasteiger partial charge in [0.2, 0.25) is 0 Å². The molecule has 0 aromatic heterocycles. The zero-order chi connectivity index (χ0) is 20.1. The van der Waals surface area contributed by atoms with Crippen LogP contribution in [0, 0.1) is 0 Å². The molecule has 1 fully saturated rings. The lowest BCUT2D eigenvalue weighted by Crippen LogP contribution is -2.27. The topological polar surface area (TPSA) is 86.7 Å².